The minimum absolute atomic E-state index is 0.165. The van der Waals surface area contributed by atoms with Gasteiger partial charge in [-0.25, -0.2) is 4.79 Å². The Kier molecular flexibility index (Phi) is 7.67. The molecular formula is C23H30N4O3S2. The topological polar surface area (TPSA) is 86.1 Å². The lowest BCUT2D eigenvalue weighted by Crippen LogP contribution is -2.17. The number of hydrogen-bond acceptors (Lipinski definition) is 7. The fourth-order valence-electron chi connectivity index (χ4n) is 4.64. The summed E-state index contributed by atoms with van der Waals surface area (Å²) in [7, 11) is 1.38. The van der Waals surface area contributed by atoms with Crippen LogP contribution in [0.25, 0.3) is 0 Å². The first kappa shape index (κ1) is 23.0. The quantitative estimate of drug-likeness (QED) is 0.323. The van der Waals surface area contributed by atoms with Crippen LogP contribution in [0.3, 0.4) is 0 Å². The Morgan fingerprint density at radius 3 is 2.81 bits per heavy atom. The molecule has 0 saturated heterocycles. The van der Waals surface area contributed by atoms with Crippen molar-refractivity contribution in [2.24, 2.45) is 5.92 Å². The minimum Gasteiger partial charge on any atom is -0.465 e. The van der Waals surface area contributed by atoms with Crippen molar-refractivity contribution in [2.75, 3.05) is 18.2 Å². The van der Waals surface area contributed by atoms with Crippen molar-refractivity contribution in [3.05, 3.63) is 34.5 Å². The van der Waals surface area contributed by atoms with E-state index in [0.29, 0.717) is 23.0 Å². The lowest BCUT2D eigenvalue weighted by molar-refractivity contribution is -0.113. The molecule has 32 heavy (non-hydrogen) atoms. The van der Waals surface area contributed by atoms with E-state index in [0.717, 1.165) is 42.2 Å². The monoisotopic (exact) mass is 474 g/mol. The number of anilines is 1. The van der Waals surface area contributed by atoms with Crippen LogP contribution in [-0.2, 0) is 35.3 Å². The smallest absolute Gasteiger partial charge is 0.341 e. The summed E-state index contributed by atoms with van der Waals surface area (Å²) in [4.78, 5) is 26.2. The summed E-state index contributed by atoms with van der Waals surface area (Å²) in [5.41, 5.74) is 1.55. The fraction of sp³-hybridized carbons (Fsp3) is 0.565. The molecule has 2 aromatic heterocycles. The molecular weight excluding hydrogens is 444 g/mol. The van der Waals surface area contributed by atoms with Gasteiger partial charge in [0.2, 0.25) is 5.91 Å². The lowest BCUT2D eigenvalue weighted by atomic mass is 9.87. The first-order valence-corrected chi connectivity index (χ1v) is 13.1. The molecule has 0 atom stereocenters. The number of aryl methyl sites for hydroxylation is 1. The third kappa shape index (κ3) is 5.09. The number of carbonyl (C=O) groups excluding carboxylic acids is 2. The van der Waals surface area contributed by atoms with Crippen molar-refractivity contribution in [1.29, 1.82) is 0 Å². The molecule has 172 valence electrons. The van der Waals surface area contributed by atoms with Crippen molar-refractivity contribution in [1.82, 2.24) is 14.8 Å². The average molecular weight is 475 g/mol. The van der Waals surface area contributed by atoms with Gasteiger partial charge in [0.15, 0.2) is 5.16 Å². The molecule has 7 nitrogen and oxygen atoms in total. The zero-order chi connectivity index (χ0) is 22.5. The molecule has 0 unspecified atom stereocenters. The second kappa shape index (κ2) is 10.7. The van der Waals surface area contributed by atoms with Crippen molar-refractivity contribution < 1.29 is 14.3 Å². The Morgan fingerprint density at radius 2 is 2.06 bits per heavy atom. The standard InChI is InChI=1S/C23H30N4O3S2/c1-3-12-27-18(13-15-8-5-4-6-9-15)25-26-23(27)31-14-19(28)24-21-20(22(29)30-2)16-10-7-11-17(16)32-21/h3,15H,1,4-14H2,2H3,(H,24,28). The molecule has 0 aliphatic heterocycles. The number of thiophene rings is 1. The number of methoxy groups -OCH3 is 1. The number of fused-ring (bicyclic) bond motifs is 1. The summed E-state index contributed by atoms with van der Waals surface area (Å²) in [6.45, 7) is 4.49. The average Bonchev–Trinajstić information content (AvgIpc) is 3.48. The summed E-state index contributed by atoms with van der Waals surface area (Å²) >= 11 is 2.85. The Bertz CT molecular complexity index is 992. The molecule has 9 heteroatoms. The van der Waals surface area contributed by atoms with Crippen molar-refractivity contribution in [3.8, 4) is 0 Å². The molecule has 0 bridgehead atoms. The zero-order valence-electron chi connectivity index (χ0n) is 18.5. The van der Waals surface area contributed by atoms with E-state index in [1.165, 1.54) is 67.2 Å². The Morgan fingerprint density at radius 1 is 1.25 bits per heavy atom. The number of hydrogen-bond donors (Lipinski definition) is 1. The van der Waals surface area contributed by atoms with Gasteiger partial charge in [0.05, 0.1) is 18.4 Å². The first-order valence-electron chi connectivity index (χ1n) is 11.3. The molecule has 1 fully saturated rings. The SMILES string of the molecule is C=CCn1c(CC2CCCCC2)nnc1SCC(=O)Nc1sc2c(c1C(=O)OC)CCC2. The molecule has 2 aliphatic carbocycles. The van der Waals surface area contributed by atoms with Gasteiger partial charge in [-0.1, -0.05) is 49.9 Å². The Hall–Kier alpha value is -2.13. The van der Waals surface area contributed by atoms with Crippen LogP contribution < -0.4 is 5.32 Å². The first-order chi connectivity index (χ1) is 15.6. The van der Waals surface area contributed by atoms with Gasteiger partial charge in [0.25, 0.3) is 0 Å². The maximum atomic E-state index is 12.7. The Balaban J connectivity index is 1.41. The van der Waals surface area contributed by atoms with Crippen molar-refractivity contribution in [3.63, 3.8) is 0 Å². The summed E-state index contributed by atoms with van der Waals surface area (Å²) in [5.74, 6) is 1.28. The molecule has 0 aromatic carbocycles. The van der Waals surface area contributed by atoms with Gasteiger partial charge < -0.3 is 14.6 Å². The molecule has 2 aliphatic rings. The highest BCUT2D eigenvalue weighted by Gasteiger charge is 2.28. The molecule has 2 aromatic rings. The number of rotatable bonds is 9. The van der Waals surface area contributed by atoms with Crippen molar-refractivity contribution >= 4 is 40.0 Å². The van der Waals surface area contributed by atoms with Gasteiger partial charge in [-0.3, -0.25) is 4.79 Å². The molecule has 4 rings (SSSR count). The lowest BCUT2D eigenvalue weighted by Gasteiger charge is -2.21. The van der Waals surface area contributed by atoms with Gasteiger partial charge in [-0.05, 0) is 30.7 Å². The number of carbonyl (C=O) groups is 2. The van der Waals surface area contributed by atoms with Crippen LogP contribution in [0.1, 0.15) is 65.1 Å². The minimum atomic E-state index is -0.384. The highest BCUT2D eigenvalue weighted by molar-refractivity contribution is 7.99. The van der Waals surface area contributed by atoms with E-state index in [1.54, 1.807) is 0 Å². The second-order valence-corrected chi connectivity index (χ2v) is 10.4. The van der Waals surface area contributed by atoms with E-state index in [-0.39, 0.29) is 17.6 Å². The summed E-state index contributed by atoms with van der Waals surface area (Å²) < 4.78 is 7.03. The van der Waals surface area contributed by atoms with Crippen LogP contribution in [0.4, 0.5) is 5.00 Å². The molecule has 1 saturated carbocycles. The third-order valence-electron chi connectivity index (χ3n) is 6.20. The maximum absolute atomic E-state index is 12.7. The van der Waals surface area contributed by atoms with Gasteiger partial charge in [-0.2, -0.15) is 0 Å². The third-order valence-corrected chi connectivity index (χ3v) is 8.37. The van der Waals surface area contributed by atoms with Gasteiger partial charge in [0.1, 0.15) is 10.8 Å². The van der Waals surface area contributed by atoms with E-state index in [2.05, 4.69) is 26.7 Å². The highest BCUT2D eigenvalue weighted by Crippen LogP contribution is 2.39. The van der Waals surface area contributed by atoms with E-state index in [9.17, 15) is 9.59 Å². The Labute approximate surface area is 197 Å². The molecule has 2 heterocycles. The van der Waals surface area contributed by atoms with Crippen LogP contribution in [0, 0.1) is 5.92 Å². The van der Waals surface area contributed by atoms with E-state index in [4.69, 9.17) is 4.74 Å². The van der Waals surface area contributed by atoms with Gasteiger partial charge >= 0.3 is 5.97 Å². The number of thioether (sulfide) groups is 1. The summed E-state index contributed by atoms with van der Waals surface area (Å²) in [5, 5.41) is 13.0. The van der Waals surface area contributed by atoms with E-state index in [1.807, 2.05) is 6.08 Å². The number of nitrogens with one attached hydrogen (secondary N) is 1. The van der Waals surface area contributed by atoms with Crippen LogP contribution in [0.5, 0.6) is 0 Å². The largest absolute Gasteiger partial charge is 0.465 e. The van der Waals surface area contributed by atoms with Crippen LogP contribution >= 0.6 is 23.1 Å². The van der Waals surface area contributed by atoms with E-state index >= 15 is 0 Å². The van der Waals surface area contributed by atoms with E-state index < -0.39 is 0 Å². The second-order valence-electron chi connectivity index (χ2n) is 8.40. The number of nitrogens with zero attached hydrogens (tertiary/aromatic N) is 3. The molecule has 1 N–H and O–H groups in total. The summed E-state index contributed by atoms with van der Waals surface area (Å²) in [6.07, 6.45) is 12.0. The highest BCUT2D eigenvalue weighted by atomic mass is 32.2. The molecule has 0 spiro atoms. The number of esters is 1. The number of amides is 1. The number of allylic oxidation sites excluding steroid dienone is 1. The summed E-state index contributed by atoms with van der Waals surface area (Å²) in [6, 6.07) is 0. The predicted octanol–water partition coefficient (Wildman–Crippen LogP) is 4.65. The molecule has 1 amide bonds. The zero-order valence-corrected chi connectivity index (χ0v) is 20.2. The number of ether oxygens (including phenoxy) is 1. The normalized spacial score (nSPS) is 16.0. The maximum Gasteiger partial charge on any atom is 0.341 e. The number of aromatic nitrogens is 3. The van der Waals surface area contributed by atoms with Crippen molar-refractivity contribution in [2.45, 2.75) is 69.5 Å². The predicted molar refractivity (Wildman–Crippen MR) is 128 cm³/mol. The van der Waals surface area contributed by atoms with Gasteiger partial charge in [-0.15, -0.1) is 28.1 Å². The van der Waals surface area contributed by atoms with Crippen LogP contribution in [0.2, 0.25) is 0 Å². The van der Waals surface area contributed by atoms with Crippen LogP contribution in [-0.4, -0.2) is 39.5 Å². The fourth-order valence-corrected chi connectivity index (χ4v) is 6.70. The molecule has 0 radical (unpaired) electrons. The van der Waals surface area contributed by atoms with Crippen LogP contribution in [0.15, 0.2) is 17.8 Å². The van der Waals surface area contributed by atoms with Gasteiger partial charge in [0, 0.05) is 17.8 Å².